The van der Waals surface area contributed by atoms with E-state index in [9.17, 15) is 4.79 Å². The van der Waals surface area contributed by atoms with Crippen molar-refractivity contribution in [2.75, 3.05) is 5.73 Å². The second kappa shape index (κ2) is 3.78. The maximum Gasteiger partial charge on any atom is 0.271 e. The molecule has 82 valence electrons. The lowest BCUT2D eigenvalue weighted by atomic mass is 10.4. The molecule has 2 rings (SSSR count). The van der Waals surface area contributed by atoms with Gasteiger partial charge in [-0.15, -0.1) is 0 Å². The summed E-state index contributed by atoms with van der Waals surface area (Å²) in [6.07, 6.45) is 4.13. The molecule has 0 atom stereocenters. The summed E-state index contributed by atoms with van der Waals surface area (Å²) in [5, 5.41) is 4.18. The fraction of sp³-hybridized carbons (Fsp3) is 0. The number of primary amides is 1. The molecule has 4 N–H and O–H groups in total. The summed E-state index contributed by atoms with van der Waals surface area (Å²) in [5.74, 6) is -0.378. The molecule has 0 radical (unpaired) electrons. The molecule has 0 bridgehead atoms. The van der Waals surface area contributed by atoms with Crippen molar-refractivity contribution in [3.05, 3.63) is 29.4 Å². The minimum Gasteiger partial charge on any atom is -0.396 e. The Morgan fingerprint density at radius 3 is 2.81 bits per heavy atom. The number of rotatable bonds is 2. The van der Waals surface area contributed by atoms with Gasteiger partial charge in [-0.2, -0.15) is 5.10 Å². The van der Waals surface area contributed by atoms with Gasteiger partial charge in [0.2, 0.25) is 0 Å². The standard InChI is InChI=1S/C8H7ClN6O/c9-4-1-12-3-13-8(4)15-2-5(10)6(14-15)7(11)16/h1-3H,10H2,(H2,11,16). The summed E-state index contributed by atoms with van der Waals surface area (Å²) in [4.78, 5) is 18.6. The smallest absolute Gasteiger partial charge is 0.271 e. The molecule has 0 aromatic carbocycles. The van der Waals surface area contributed by atoms with Crippen molar-refractivity contribution in [1.29, 1.82) is 0 Å². The molecule has 2 aromatic heterocycles. The van der Waals surface area contributed by atoms with E-state index in [0.717, 1.165) is 0 Å². The lowest BCUT2D eigenvalue weighted by molar-refractivity contribution is 0.0996. The molecule has 0 saturated heterocycles. The van der Waals surface area contributed by atoms with Crippen molar-refractivity contribution < 1.29 is 4.79 Å². The van der Waals surface area contributed by atoms with Gasteiger partial charge in [0.25, 0.3) is 5.91 Å². The Kier molecular flexibility index (Phi) is 2.45. The van der Waals surface area contributed by atoms with Gasteiger partial charge < -0.3 is 11.5 Å². The molecule has 8 heteroatoms. The highest BCUT2D eigenvalue weighted by atomic mass is 35.5. The lowest BCUT2D eigenvalue weighted by Crippen LogP contribution is -2.14. The highest BCUT2D eigenvalue weighted by Crippen LogP contribution is 2.18. The van der Waals surface area contributed by atoms with Crippen LogP contribution in [0.25, 0.3) is 5.82 Å². The van der Waals surface area contributed by atoms with Gasteiger partial charge in [0.05, 0.1) is 18.1 Å². The van der Waals surface area contributed by atoms with Crippen LogP contribution in [0.5, 0.6) is 0 Å². The number of anilines is 1. The molecule has 0 unspecified atom stereocenters. The first-order chi connectivity index (χ1) is 7.59. The zero-order valence-corrected chi connectivity index (χ0v) is 8.72. The van der Waals surface area contributed by atoms with E-state index in [1.165, 1.54) is 23.4 Å². The zero-order valence-electron chi connectivity index (χ0n) is 7.96. The number of aromatic nitrogens is 4. The van der Waals surface area contributed by atoms with Crippen molar-refractivity contribution >= 4 is 23.2 Å². The Morgan fingerprint density at radius 1 is 1.50 bits per heavy atom. The van der Waals surface area contributed by atoms with E-state index >= 15 is 0 Å². The van der Waals surface area contributed by atoms with Gasteiger partial charge in [-0.3, -0.25) is 4.79 Å². The highest BCUT2D eigenvalue weighted by molar-refractivity contribution is 6.32. The van der Waals surface area contributed by atoms with Crippen LogP contribution in [-0.4, -0.2) is 25.7 Å². The lowest BCUT2D eigenvalue weighted by Gasteiger charge is -2.00. The maximum atomic E-state index is 11.0. The van der Waals surface area contributed by atoms with E-state index in [4.69, 9.17) is 23.1 Å². The molecule has 0 saturated carbocycles. The normalized spacial score (nSPS) is 10.3. The molecular weight excluding hydrogens is 232 g/mol. The van der Waals surface area contributed by atoms with Gasteiger partial charge in [0.15, 0.2) is 11.5 Å². The first kappa shape index (κ1) is 10.4. The van der Waals surface area contributed by atoms with Gasteiger partial charge in [0, 0.05) is 0 Å². The van der Waals surface area contributed by atoms with E-state index in [0.29, 0.717) is 10.8 Å². The van der Waals surface area contributed by atoms with Crippen LogP contribution in [0, 0.1) is 0 Å². The first-order valence-corrected chi connectivity index (χ1v) is 4.58. The largest absolute Gasteiger partial charge is 0.396 e. The summed E-state index contributed by atoms with van der Waals surface area (Å²) in [6, 6.07) is 0. The van der Waals surface area contributed by atoms with E-state index in [1.54, 1.807) is 0 Å². The number of nitrogens with two attached hydrogens (primary N) is 2. The van der Waals surface area contributed by atoms with Gasteiger partial charge >= 0.3 is 0 Å². The predicted octanol–water partition coefficient (Wildman–Crippen LogP) is -0.00320. The van der Waals surface area contributed by atoms with E-state index in [-0.39, 0.29) is 11.4 Å². The third-order valence-corrected chi connectivity index (χ3v) is 2.11. The summed E-state index contributed by atoms with van der Waals surface area (Å²) in [6.45, 7) is 0. The van der Waals surface area contributed by atoms with Crippen molar-refractivity contribution in [1.82, 2.24) is 19.7 Å². The minimum absolute atomic E-state index is 0.0188. The van der Waals surface area contributed by atoms with Crippen LogP contribution >= 0.6 is 11.6 Å². The average Bonchev–Trinajstić information content (AvgIpc) is 2.61. The van der Waals surface area contributed by atoms with Gasteiger partial charge in [0.1, 0.15) is 11.3 Å². The van der Waals surface area contributed by atoms with E-state index < -0.39 is 5.91 Å². The number of carbonyl (C=O) groups is 1. The molecule has 2 heterocycles. The number of nitrogen functional groups attached to an aromatic ring is 1. The molecular formula is C8H7ClN6O. The number of amides is 1. The number of nitrogens with zero attached hydrogens (tertiary/aromatic N) is 4. The second-order valence-corrected chi connectivity index (χ2v) is 3.34. The van der Waals surface area contributed by atoms with Crippen LogP contribution < -0.4 is 11.5 Å². The highest BCUT2D eigenvalue weighted by Gasteiger charge is 2.14. The fourth-order valence-electron chi connectivity index (χ4n) is 1.16. The van der Waals surface area contributed by atoms with Crippen LogP contribution in [0.1, 0.15) is 10.5 Å². The van der Waals surface area contributed by atoms with Crippen molar-refractivity contribution in [3.63, 3.8) is 0 Å². The van der Waals surface area contributed by atoms with Crippen LogP contribution in [0.3, 0.4) is 0 Å². The van der Waals surface area contributed by atoms with Crippen LogP contribution in [0.4, 0.5) is 5.69 Å². The summed E-state index contributed by atoms with van der Waals surface area (Å²) in [5.41, 5.74) is 10.8. The van der Waals surface area contributed by atoms with Crippen LogP contribution in [0.15, 0.2) is 18.7 Å². The third-order valence-electron chi connectivity index (χ3n) is 1.84. The second-order valence-electron chi connectivity index (χ2n) is 2.94. The predicted molar refractivity (Wildman–Crippen MR) is 57.1 cm³/mol. The van der Waals surface area contributed by atoms with Crippen molar-refractivity contribution in [3.8, 4) is 5.82 Å². The Bertz CT molecular complexity index is 551. The average molecular weight is 239 g/mol. The Balaban J connectivity index is 2.54. The summed E-state index contributed by atoms with van der Waals surface area (Å²) in [7, 11) is 0. The third kappa shape index (κ3) is 1.68. The molecule has 0 aliphatic heterocycles. The molecule has 0 spiro atoms. The molecule has 0 fully saturated rings. The fourth-order valence-corrected chi connectivity index (χ4v) is 1.35. The number of halogens is 1. The molecule has 16 heavy (non-hydrogen) atoms. The molecule has 0 aliphatic carbocycles. The zero-order chi connectivity index (χ0) is 11.7. The molecule has 2 aromatic rings. The van der Waals surface area contributed by atoms with Crippen LogP contribution in [0.2, 0.25) is 5.02 Å². The van der Waals surface area contributed by atoms with Gasteiger partial charge in [-0.05, 0) is 0 Å². The number of carbonyl (C=O) groups excluding carboxylic acids is 1. The van der Waals surface area contributed by atoms with E-state index in [2.05, 4.69) is 15.1 Å². The van der Waals surface area contributed by atoms with Crippen molar-refractivity contribution in [2.24, 2.45) is 5.73 Å². The van der Waals surface area contributed by atoms with Crippen LogP contribution in [-0.2, 0) is 0 Å². The minimum atomic E-state index is -0.707. The topological polar surface area (TPSA) is 113 Å². The Hall–Kier alpha value is -2.15. The van der Waals surface area contributed by atoms with E-state index in [1.807, 2.05) is 0 Å². The Morgan fingerprint density at radius 2 is 2.25 bits per heavy atom. The Labute approximate surface area is 95.0 Å². The SMILES string of the molecule is NC(=O)c1nn(-c2ncncc2Cl)cc1N. The molecule has 1 amide bonds. The van der Waals surface area contributed by atoms with Gasteiger partial charge in [-0.25, -0.2) is 14.6 Å². The molecule has 7 nitrogen and oxygen atoms in total. The summed E-state index contributed by atoms with van der Waals surface area (Å²) >= 11 is 5.86. The first-order valence-electron chi connectivity index (χ1n) is 4.20. The summed E-state index contributed by atoms with van der Waals surface area (Å²) < 4.78 is 1.28. The quantitative estimate of drug-likeness (QED) is 0.764. The van der Waals surface area contributed by atoms with Crippen molar-refractivity contribution in [2.45, 2.75) is 0 Å². The number of hydrogen-bond acceptors (Lipinski definition) is 5. The number of hydrogen-bond donors (Lipinski definition) is 2. The molecule has 0 aliphatic rings. The monoisotopic (exact) mass is 238 g/mol. The maximum absolute atomic E-state index is 11.0. The van der Waals surface area contributed by atoms with Gasteiger partial charge in [-0.1, -0.05) is 11.6 Å².